The number of nitrogens with one attached hydrogen (secondary N) is 2. The molecule has 1 rings (SSSR count). The summed E-state index contributed by atoms with van der Waals surface area (Å²) in [5, 5.41) is 14.8. The molecule has 1 aromatic rings. The van der Waals surface area contributed by atoms with Crippen LogP contribution in [-0.2, 0) is 4.79 Å². The normalized spacial score (nSPS) is 10.9. The van der Waals surface area contributed by atoms with Gasteiger partial charge in [0, 0.05) is 12.6 Å². The van der Waals surface area contributed by atoms with Gasteiger partial charge in [-0.1, -0.05) is 0 Å². The molecule has 0 unspecified atom stereocenters. The molecule has 6 heteroatoms. The quantitative estimate of drug-likeness (QED) is 0.696. The summed E-state index contributed by atoms with van der Waals surface area (Å²) in [4.78, 5) is 18.9. The van der Waals surface area contributed by atoms with Gasteiger partial charge in [-0.2, -0.15) is 0 Å². The lowest BCUT2D eigenvalue weighted by molar-refractivity contribution is -0.141. The van der Waals surface area contributed by atoms with Crippen LogP contribution in [0, 0.1) is 0 Å². The Morgan fingerprint density at radius 1 is 1.44 bits per heavy atom. The minimum atomic E-state index is -1.06. The number of carbonyl (C=O) groups is 1. The van der Waals surface area contributed by atoms with Crippen LogP contribution < -0.4 is 10.6 Å². The monoisotopic (exact) mass is 224 g/mol. The fourth-order valence-electron chi connectivity index (χ4n) is 1.08. The van der Waals surface area contributed by atoms with E-state index in [1.54, 1.807) is 19.9 Å². The standard InChI is InChI=1S/C10H16N4O2/c1-4-11-7-5-8(13-6-12-7)14-10(2,3)9(15)16/h5-6H,4H2,1-3H3,(H,15,16)(H2,11,12,13,14). The zero-order valence-electron chi connectivity index (χ0n) is 9.61. The molecular weight excluding hydrogens is 208 g/mol. The highest BCUT2D eigenvalue weighted by molar-refractivity contribution is 5.81. The Bertz CT molecular complexity index is 379. The molecule has 88 valence electrons. The van der Waals surface area contributed by atoms with Crippen LogP contribution >= 0.6 is 0 Å². The molecule has 3 N–H and O–H groups in total. The van der Waals surface area contributed by atoms with Crippen LogP contribution in [-0.4, -0.2) is 33.1 Å². The molecule has 0 spiro atoms. The predicted molar refractivity (Wildman–Crippen MR) is 61.5 cm³/mol. The summed E-state index contributed by atoms with van der Waals surface area (Å²) in [6.07, 6.45) is 1.39. The van der Waals surface area contributed by atoms with E-state index in [2.05, 4.69) is 20.6 Å². The Morgan fingerprint density at radius 3 is 2.62 bits per heavy atom. The lowest BCUT2D eigenvalue weighted by Gasteiger charge is -2.21. The summed E-state index contributed by atoms with van der Waals surface area (Å²) in [6, 6.07) is 1.67. The smallest absolute Gasteiger partial charge is 0.328 e. The van der Waals surface area contributed by atoms with E-state index in [9.17, 15) is 4.79 Å². The van der Waals surface area contributed by atoms with Gasteiger partial charge in [0.1, 0.15) is 23.5 Å². The number of aromatic nitrogens is 2. The number of carboxylic acids is 1. The Balaban J connectivity index is 2.81. The topological polar surface area (TPSA) is 87.1 Å². The van der Waals surface area contributed by atoms with Gasteiger partial charge in [0.05, 0.1) is 0 Å². The summed E-state index contributed by atoms with van der Waals surface area (Å²) in [6.45, 7) is 5.85. The number of rotatable bonds is 5. The van der Waals surface area contributed by atoms with Gasteiger partial charge in [0.2, 0.25) is 0 Å². The molecule has 0 aliphatic rings. The van der Waals surface area contributed by atoms with E-state index in [0.717, 1.165) is 6.54 Å². The van der Waals surface area contributed by atoms with Gasteiger partial charge in [0.15, 0.2) is 0 Å². The van der Waals surface area contributed by atoms with Gasteiger partial charge < -0.3 is 15.7 Å². The second kappa shape index (κ2) is 4.78. The lowest BCUT2D eigenvalue weighted by Crippen LogP contribution is -2.40. The van der Waals surface area contributed by atoms with Crippen LogP contribution in [0.5, 0.6) is 0 Å². The number of hydrogen-bond donors (Lipinski definition) is 3. The first kappa shape index (κ1) is 12.2. The van der Waals surface area contributed by atoms with Crippen LogP contribution in [0.4, 0.5) is 11.6 Å². The second-order valence-electron chi connectivity index (χ2n) is 3.87. The zero-order chi connectivity index (χ0) is 12.2. The summed E-state index contributed by atoms with van der Waals surface area (Å²) in [7, 11) is 0. The minimum absolute atomic E-state index is 0.485. The molecule has 1 heterocycles. The molecule has 0 aliphatic carbocycles. The van der Waals surface area contributed by atoms with Crippen LogP contribution in [0.15, 0.2) is 12.4 Å². The maximum atomic E-state index is 10.9. The molecule has 6 nitrogen and oxygen atoms in total. The van der Waals surface area contributed by atoms with E-state index in [4.69, 9.17) is 5.11 Å². The van der Waals surface area contributed by atoms with Crippen LogP contribution in [0.3, 0.4) is 0 Å². The van der Waals surface area contributed by atoms with Crippen molar-refractivity contribution in [2.75, 3.05) is 17.2 Å². The molecule has 0 aliphatic heterocycles. The molecule has 0 aromatic carbocycles. The molecule has 0 radical (unpaired) electrons. The van der Waals surface area contributed by atoms with E-state index in [0.29, 0.717) is 11.6 Å². The van der Waals surface area contributed by atoms with E-state index >= 15 is 0 Å². The maximum absolute atomic E-state index is 10.9. The SMILES string of the molecule is CCNc1cc(NC(C)(C)C(=O)O)ncn1. The highest BCUT2D eigenvalue weighted by atomic mass is 16.4. The van der Waals surface area contributed by atoms with Crippen molar-refractivity contribution in [3.63, 3.8) is 0 Å². The Morgan fingerprint density at radius 2 is 2.06 bits per heavy atom. The van der Waals surface area contributed by atoms with Crippen molar-refractivity contribution in [3.05, 3.63) is 12.4 Å². The van der Waals surface area contributed by atoms with Gasteiger partial charge in [-0.25, -0.2) is 14.8 Å². The van der Waals surface area contributed by atoms with Gasteiger partial charge in [0.25, 0.3) is 0 Å². The first-order valence-electron chi connectivity index (χ1n) is 5.03. The number of anilines is 2. The molecule has 16 heavy (non-hydrogen) atoms. The fraction of sp³-hybridized carbons (Fsp3) is 0.500. The number of hydrogen-bond acceptors (Lipinski definition) is 5. The lowest BCUT2D eigenvalue weighted by atomic mass is 10.1. The van der Waals surface area contributed by atoms with E-state index in [1.165, 1.54) is 6.33 Å². The maximum Gasteiger partial charge on any atom is 0.328 e. The number of nitrogens with zero attached hydrogens (tertiary/aromatic N) is 2. The van der Waals surface area contributed by atoms with Gasteiger partial charge in [-0.15, -0.1) is 0 Å². The largest absolute Gasteiger partial charge is 0.480 e. The fourth-order valence-corrected chi connectivity index (χ4v) is 1.08. The molecule has 0 saturated heterocycles. The summed E-state index contributed by atoms with van der Waals surface area (Å²) in [5.74, 6) is 0.218. The predicted octanol–water partition coefficient (Wildman–Crippen LogP) is 1.18. The summed E-state index contributed by atoms with van der Waals surface area (Å²) < 4.78 is 0. The van der Waals surface area contributed by atoms with Gasteiger partial charge >= 0.3 is 5.97 Å². The molecule has 0 saturated carbocycles. The molecular formula is C10H16N4O2. The van der Waals surface area contributed by atoms with Gasteiger partial charge in [-0.05, 0) is 20.8 Å². The van der Waals surface area contributed by atoms with Crippen LogP contribution in [0.25, 0.3) is 0 Å². The van der Waals surface area contributed by atoms with Crippen molar-refractivity contribution < 1.29 is 9.90 Å². The van der Waals surface area contributed by atoms with Gasteiger partial charge in [-0.3, -0.25) is 0 Å². The molecule has 1 aromatic heterocycles. The van der Waals surface area contributed by atoms with E-state index in [-0.39, 0.29) is 0 Å². The molecule has 0 fully saturated rings. The first-order valence-corrected chi connectivity index (χ1v) is 5.03. The molecule has 0 bridgehead atoms. The van der Waals surface area contributed by atoms with E-state index in [1.807, 2.05) is 6.92 Å². The van der Waals surface area contributed by atoms with E-state index < -0.39 is 11.5 Å². The van der Waals surface area contributed by atoms with Crippen molar-refractivity contribution >= 4 is 17.6 Å². The average molecular weight is 224 g/mol. The van der Waals surface area contributed by atoms with Crippen LogP contribution in [0.2, 0.25) is 0 Å². The van der Waals surface area contributed by atoms with Crippen molar-refractivity contribution in [1.29, 1.82) is 0 Å². The highest BCUT2D eigenvalue weighted by Crippen LogP contribution is 2.14. The third-order valence-corrected chi connectivity index (χ3v) is 2.00. The van der Waals surface area contributed by atoms with Crippen molar-refractivity contribution in [2.24, 2.45) is 0 Å². The third kappa shape index (κ3) is 3.08. The third-order valence-electron chi connectivity index (χ3n) is 2.00. The number of aliphatic carboxylic acids is 1. The second-order valence-corrected chi connectivity index (χ2v) is 3.87. The zero-order valence-corrected chi connectivity index (χ0v) is 9.61. The van der Waals surface area contributed by atoms with Crippen molar-refractivity contribution in [1.82, 2.24) is 9.97 Å². The highest BCUT2D eigenvalue weighted by Gasteiger charge is 2.27. The first-order chi connectivity index (χ1) is 7.45. The summed E-state index contributed by atoms with van der Waals surface area (Å²) >= 11 is 0. The Kier molecular flexibility index (Phi) is 3.65. The van der Waals surface area contributed by atoms with Crippen molar-refractivity contribution in [3.8, 4) is 0 Å². The van der Waals surface area contributed by atoms with Crippen molar-refractivity contribution in [2.45, 2.75) is 26.3 Å². The molecule has 0 amide bonds. The Hall–Kier alpha value is -1.85. The minimum Gasteiger partial charge on any atom is -0.480 e. The number of carboxylic acid groups (broad SMARTS) is 1. The summed E-state index contributed by atoms with van der Waals surface area (Å²) in [5.41, 5.74) is -1.06. The van der Waals surface area contributed by atoms with Crippen LogP contribution in [0.1, 0.15) is 20.8 Å². The average Bonchev–Trinajstić information content (AvgIpc) is 2.17. The Labute approximate surface area is 94.1 Å². The molecule has 0 atom stereocenters.